The first-order chi connectivity index (χ1) is 12.6. The summed E-state index contributed by atoms with van der Waals surface area (Å²) in [6, 6.07) is 21.6. The molecule has 6 heteroatoms. The van der Waals surface area contributed by atoms with Gasteiger partial charge < -0.3 is 10.0 Å². The van der Waals surface area contributed by atoms with Crippen molar-refractivity contribution >= 4 is 27.4 Å². The number of halogens is 1. The van der Waals surface area contributed by atoms with E-state index >= 15 is 0 Å². The summed E-state index contributed by atoms with van der Waals surface area (Å²) in [5.41, 5.74) is 3.17. The van der Waals surface area contributed by atoms with Crippen molar-refractivity contribution in [3.8, 4) is 17.1 Å². The van der Waals surface area contributed by atoms with Crippen LogP contribution in [0.2, 0.25) is 0 Å². The second kappa shape index (κ2) is 6.80. The van der Waals surface area contributed by atoms with Gasteiger partial charge in [-0.2, -0.15) is 4.52 Å². The summed E-state index contributed by atoms with van der Waals surface area (Å²) in [6.07, 6.45) is 0. The van der Waals surface area contributed by atoms with Crippen molar-refractivity contribution in [1.29, 1.82) is 0 Å². The summed E-state index contributed by atoms with van der Waals surface area (Å²) in [5.74, 6) is 0.800. The molecule has 130 valence electrons. The van der Waals surface area contributed by atoms with Crippen LogP contribution in [0.5, 0.6) is 5.88 Å². The lowest BCUT2D eigenvalue weighted by atomic mass is 10.2. The summed E-state index contributed by atoms with van der Waals surface area (Å²) in [6.45, 7) is 0.731. The Balaban J connectivity index is 1.69. The first-order valence-corrected chi connectivity index (χ1v) is 9.01. The van der Waals surface area contributed by atoms with E-state index in [1.165, 1.54) is 10.1 Å². The number of imidazole rings is 1. The Morgan fingerprint density at radius 3 is 2.46 bits per heavy atom. The largest absolute Gasteiger partial charge is 0.492 e. The van der Waals surface area contributed by atoms with Crippen molar-refractivity contribution in [2.75, 3.05) is 11.9 Å². The van der Waals surface area contributed by atoms with E-state index in [-0.39, 0.29) is 5.88 Å². The fourth-order valence-electron chi connectivity index (χ4n) is 2.86. The number of hydrogen-bond acceptors (Lipinski definition) is 4. The molecule has 0 atom stereocenters. The van der Waals surface area contributed by atoms with E-state index in [0.29, 0.717) is 11.3 Å². The van der Waals surface area contributed by atoms with Gasteiger partial charge in [0.25, 0.3) is 0 Å². The minimum Gasteiger partial charge on any atom is -0.492 e. The Kier molecular flexibility index (Phi) is 4.34. The number of aromatic nitrogens is 3. The van der Waals surface area contributed by atoms with Crippen molar-refractivity contribution in [2.45, 2.75) is 6.54 Å². The number of fused-ring (bicyclic) bond motifs is 1. The Morgan fingerprint density at radius 1 is 1.00 bits per heavy atom. The molecule has 2 aromatic heterocycles. The van der Waals surface area contributed by atoms with E-state index < -0.39 is 0 Å². The van der Waals surface area contributed by atoms with Gasteiger partial charge in [0.15, 0.2) is 5.65 Å². The molecule has 0 amide bonds. The van der Waals surface area contributed by atoms with Gasteiger partial charge in [0.2, 0.25) is 5.88 Å². The zero-order valence-corrected chi connectivity index (χ0v) is 15.8. The summed E-state index contributed by atoms with van der Waals surface area (Å²) < 4.78 is 2.46. The SMILES string of the molecule is CN(Cc1ccccc1)c1ccc2nc(-c3ccc(Br)cc3)c(O)n2n1. The molecule has 2 heterocycles. The molecule has 2 aromatic carbocycles. The maximum absolute atomic E-state index is 10.6. The lowest BCUT2D eigenvalue weighted by molar-refractivity contribution is 0.441. The summed E-state index contributed by atoms with van der Waals surface area (Å²) in [5, 5.41) is 15.2. The molecule has 0 aliphatic heterocycles. The van der Waals surface area contributed by atoms with Crippen LogP contribution in [0.3, 0.4) is 0 Å². The maximum atomic E-state index is 10.6. The molecule has 0 spiro atoms. The highest BCUT2D eigenvalue weighted by Crippen LogP contribution is 2.30. The predicted octanol–water partition coefficient (Wildman–Crippen LogP) is 4.50. The van der Waals surface area contributed by atoms with Crippen LogP contribution in [0.4, 0.5) is 5.82 Å². The molecule has 0 bridgehead atoms. The number of rotatable bonds is 4. The first-order valence-electron chi connectivity index (χ1n) is 8.21. The number of benzene rings is 2. The molecule has 26 heavy (non-hydrogen) atoms. The van der Waals surface area contributed by atoms with Gasteiger partial charge in [-0.3, -0.25) is 0 Å². The van der Waals surface area contributed by atoms with Gasteiger partial charge >= 0.3 is 0 Å². The topological polar surface area (TPSA) is 53.7 Å². The zero-order valence-electron chi connectivity index (χ0n) is 14.2. The van der Waals surface area contributed by atoms with Crippen molar-refractivity contribution in [3.63, 3.8) is 0 Å². The molecule has 5 nitrogen and oxygen atoms in total. The highest BCUT2D eigenvalue weighted by Gasteiger charge is 2.15. The van der Waals surface area contributed by atoms with Crippen molar-refractivity contribution in [2.24, 2.45) is 0 Å². The van der Waals surface area contributed by atoms with Crippen LogP contribution in [0, 0.1) is 0 Å². The Morgan fingerprint density at radius 2 is 1.73 bits per heavy atom. The summed E-state index contributed by atoms with van der Waals surface area (Å²) >= 11 is 3.42. The van der Waals surface area contributed by atoms with Gasteiger partial charge in [-0.15, -0.1) is 5.10 Å². The van der Waals surface area contributed by atoms with Gasteiger partial charge in [0, 0.05) is 23.6 Å². The number of aromatic hydroxyl groups is 1. The fourth-order valence-corrected chi connectivity index (χ4v) is 3.12. The molecule has 1 N–H and O–H groups in total. The third-order valence-electron chi connectivity index (χ3n) is 4.21. The minimum absolute atomic E-state index is 0.0392. The number of nitrogens with zero attached hydrogens (tertiary/aromatic N) is 4. The van der Waals surface area contributed by atoms with E-state index in [2.05, 4.69) is 38.1 Å². The second-order valence-electron chi connectivity index (χ2n) is 6.09. The van der Waals surface area contributed by atoms with E-state index in [1.54, 1.807) is 0 Å². The third kappa shape index (κ3) is 3.15. The third-order valence-corrected chi connectivity index (χ3v) is 4.74. The van der Waals surface area contributed by atoms with E-state index in [4.69, 9.17) is 0 Å². The molecule has 0 fully saturated rings. The normalized spacial score (nSPS) is 11.0. The molecule has 4 rings (SSSR count). The lowest BCUT2D eigenvalue weighted by Crippen LogP contribution is -2.18. The van der Waals surface area contributed by atoms with Crippen LogP contribution in [0.25, 0.3) is 16.9 Å². The Labute approximate surface area is 159 Å². The minimum atomic E-state index is 0.0392. The zero-order chi connectivity index (χ0) is 18.1. The van der Waals surface area contributed by atoms with Gasteiger partial charge in [-0.1, -0.05) is 58.4 Å². The van der Waals surface area contributed by atoms with Gasteiger partial charge in [-0.25, -0.2) is 4.98 Å². The van der Waals surface area contributed by atoms with Crippen LogP contribution >= 0.6 is 15.9 Å². The van der Waals surface area contributed by atoms with Gasteiger partial charge in [0.05, 0.1) is 0 Å². The highest BCUT2D eigenvalue weighted by molar-refractivity contribution is 9.10. The van der Waals surface area contributed by atoms with Crippen molar-refractivity contribution in [1.82, 2.24) is 14.6 Å². The predicted molar refractivity (Wildman–Crippen MR) is 106 cm³/mol. The molecule has 0 aliphatic carbocycles. The second-order valence-corrected chi connectivity index (χ2v) is 7.01. The van der Waals surface area contributed by atoms with Crippen LogP contribution in [-0.2, 0) is 6.54 Å². The van der Waals surface area contributed by atoms with Crippen LogP contribution in [0.1, 0.15) is 5.56 Å². The smallest absolute Gasteiger partial charge is 0.241 e. The molecule has 4 aromatic rings. The lowest BCUT2D eigenvalue weighted by Gasteiger charge is -2.18. The molecule has 0 saturated carbocycles. The molecular weight excluding hydrogens is 392 g/mol. The maximum Gasteiger partial charge on any atom is 0.241 e. The number of anilines is 1. The first kappa shape index (κ1) is 16.6. The number of hydrogen-bond donors (Lipinski definition) is 1. The van der Waals surface area contributed by atoms with Crippen LogP contribution in [-0.4, -0.2) is 26.8 Å². The fraction of sp³-hybridized carbons (Fsp3) is 0.100. The molecular formula is C20H17BrN4O. The Bertz CT molecular complexity index is 1040. The van der Waals surface area contributed by atoms with E-state index in [0.717, 1.165) is 22.4 Å². The van der Waals surface area contributed by atoms with Gasteiger partial charge in [-0.05, 0) is 29.8 Å². The quantitative estimate of drug-likeness (QED) is 0.539. The summed E-state index contributed by atoms with van der Waals surface area (Å²) in [4.78, 5) is 6.55. The average Bonchev–Trinajstić information content (AvgIpc) is 2.99. The molecule has 0 saturated heterocycles. The summed E-state index contributed by atoms with van der Waals surface area (Å²) in [7, 11) is 1.98. The molecule has 0 radical (unpaired) electrons. The van der Waals surface area contributed by atoms with Gasteiger partial charge in [0.1, 0.15) is 11.5 Å². The molecule has 0 unspecified atom stereocenters. The highest BCUT2D eigenvalue weighted by atomic mass is 79.9. The van der Waals surface area contributed by atoms with Crippen LogP contribution < -0.4 is 4.90 Å². The standard InChI is InChI=1S/C20H17BrN4O/c1-24(13-14-5-3-2-4-6-14)18-12-11-17-22-19(20(26)25(17)23-18)15-7-9-16(21)10-8-15/h2-12,26H,13H2,1H3. The Hall–Kier alpha value is -2.86. The van der Waals surface area contributed by atoms with E-state index in [1.807, 2.05) is 66.5 Å². The van der Waals surface area contributed by atoms with Crippen LogP contribution in [0.15, 0.2) is 71.2 Å². The monoisotopic (exact) mass is 408 g/mol. The molecule has 0 aliphatic rings. The van der Waals surface area contributed by atoms with Crippen molar-refractivity contribution in [3.05, 3.63) is 76.8 Å². The van der Waals surface area contributed by atoms with Crippen molar-refractivity contribution < 1.29 is 5.11 Å². The average molecular weight is 409 g/mol. The van der Waals surface area contributed by atoms with E-state index in [9.17, 15) is 5.11 Å².